The second-order valence-corrected chi connectivity index (χ2v) is 8.03. The van der Waals surface area contributed by atoms with E-state index in [1.54, 1.807) is 0 Å². The van der Waals surface area contributed by atoms with Gasteiger partial charge in [-0.15, -0.1) is 0 Å². The van der Waals surface area contributed by atoms with Gasteiger partial charge < -0.3 is 0 Å². The Morgan fingerprint density at radius 1 is 0.654 bits per heavy atom. The van der Waals surface area contributed by atoms with Gasteiger partial charge in [-0.25, -0.2) is 20.0 Å². The predicted octanol–water partition coefficient (Wildman–Crippen LogP) is 5.10. The highest BCUT2D eigenvalue weighted by Crippen LogP contribution is 2.34. The minimum absolute atomic E-state index is 0.415. The van der Waals surface area contributed by atoms with Crippen LogP contribution >= 0.6 is 45.2 Å². The average Bonchev–Trinajstić information content (AvgIpc) is 3.42. The van der Waals surface area contributed by atoms with Crippen LogP contribution in [0.2, 0.25) is 0 Å². The maximum atomic E-state index is 8.42. The summed E-state index contributed by atoms with van der Waals surface area (Å²) in [4.78, 5) is 18.6. The van der Waals surface area contributed by atoms with Crippen molar-refractivity contribution in [3.05, 3.63) is 90.7 Å². The van der Waals surface area contributed by atoms with Crippen molar-refractivity contribution in [3.63, 3.8) is 0 Å². The highest BCUT2D eigenvalue weighted by molar-refractivity contribution is 14.1. The Bertz CT molecular complexity index is 1180. The zero-order valence-corrected chi connectivity index (χ0v) is 17.6. The van der Waals surface area contributed by atoms with E-state index in [1.165, 1.54) is 0 Å². The third-order valence-corrected chi connectivity index (χ3v) is 5.86. The molecule has 0 aliphatic carbocycles. The molecule has 0 spiro atoms. The van der Waals surface area contributed by atoms with Gasteiger partial charge >= 0.3 is 0 Å². The van der Waals surface area contributed by atoms with Gasteiger partial charge in [-0.2, -0.15) is 0 Å². The van der Waals surface area contributed by atoms with Crippen LogP contribution in [0, 0.1) is 0 Å². The van der Waals surface area contributed by atoms with Gasteiger partial charge in [0.1, 0.15) is 0 Å². The summed E-state index contributed by atoms with van der Waals surface area (Å²) < 4.78 is 10.2. The van der Waals surface area contributed by atoms with Crippen LogP contribution in [0.25, 0.3) is 0 Å². The normalized spacial score (nSPS) is 23.6. The van der Waals surface area contributed by atoms with E-state index >= 15 is 0 Å². The minimum Gasteiger partial charge on any atom is -0.249 e. The molecule has 4 nitrogen and oxygen atoms in total. The molecule has 5 aliphatic heterocycles. The van der Waals surface area contributed by atoms with Crippen molar-refractivity contribution in [2.24, 2.45) is 20.0 Å². The minimum atomic E-state index is 0.415. The lowest BCUT2D eigenvalue weighted by Crippen LogP contribution is -1.94. The van der Waals surface area contributed by atoms with Crippen LogP contribution in [-0.4, -0.2) is 22.8 Å². The molecular weight excluding hydrogens is 550 g/mol. The Morgan fingerprint density at radius 2 is 1.23 bits per heavy atom. The molecule has 0 aromatic rings. The fourth-order valence-electron chi connectivity index (χ4n) is 2.84. The van der Waals surface area contributed by atoms with E-state index in [-0.39, 0.29) is 0 Å². The number of rotatable bonds is 0. The number of aliphatic imine (C=N–C) groups is 4. The third-order valence-electron chi connectivity index (χ3n) is 4.01. The predicted molar refractivity (Wildman–Crippen MR) is 125 cm³/mol. The number of hydrogen-bond donors (Lipinski definition) is 0. The molecule has 124 valence electrons. The van der Waals surface area contributed by atoms with E-state index in [0.717, 1.165) is 47.1 Å². The monoisotopic (exact) mass is 561 g/mol. The lowest BCUT2D eigenvalue weighted by molar-refractivity contribution is 1.41. The van der Waals surface area contributed by atoms with Crippen molar-refractivity contribution in [1.82, 2.24) is 0 Å². The highest BCUT2D eigenvalue weighted by Gasteiger charge is 2.19. The summed E-state index contributed by atoms with van der Waals surface area (Å²) in [6.07, 6.45) is 17.5. The molecule has 5 aliphatic rings. The van der Waals surface area contributed by atoms with Gasteiger partial charge in [0.15, 0.2) is 0 Å². The highest BCUT2D eigenvalue weighted by atomic mass is 127. The second-order valence-electron chi connectivity index (χ2n) is 5.88. The first-order chi connectivity index (χ1) is 13.1. The van der Waals surface area contributed by atoms with Gasteiger partial charge in [-0.3, -0.25) is 0 Å². The number of fused-ring (bicyclic) bond motifs is 4. The Kier molecular flexibility index (Phi) is 3.70. The lowest BCUT2D eigenvalue weighted by Gasteiger charge is -2.01. The standard InChI is InChI=1S/C20H10I2N4/c21-17-10-16-9-14-4-3-12(24-14)7-11-1-2-13(23-11)8-15-5-6-18(25-15)19(22)20(17)26-16/h1-10H/i10D. The molecule has 0 saturated heterocycles. The fraction of sp³-hybridized carbons (Fsp3) is 0. The molecule has 0 N–H and O–H groups in total. The molecule has 5 heterocycles. The summed E-state index contributed by atoms with van der Waals surface area (Å²) in [5.41, 5.74) is 6.44. The molecule has 8 bridgehead atoms. The average molecular weight is 561 g/mol. The molecule has 6 heteroatoms. The smallest absolute Gasteiger partial charge is 0.0926 e. The van der Waals surface area contributed by atoms with E-state index in [1.807, 2.05) is 54.7 Å². The molecular formula is C20H10I2N4. The van der Waals surface area contributed by atoms with E-state index in [4.69, 9.17) is 11.4 Å². The Balaban J connectivity index is 1.72. The lowest BCUT2D eigenvalue weighted by atomic mass is 10.2. The number of allylic oxidation sites excluding steroid dienone is 12. The van der Waals surface area contributed by atoms with Crippen LogP contribution in [0.15, 0.2) is 111 Å². The SMILES string of the molecule is [2H]C1=C(I)C2=C(I)C3=NC(=CC4=NC(=CC5=NC(=CC1=N2)C=C5)C=C4)C=C3. The fourth-order valence-corrected chi connectivity index (χ4v) is 4.71. The quantitative estimate of drug-likeness (QED) is 0.370. The molecule has 5 rings (SSSR count). The number of nitrogens with zero attached hydrogens (tertiary/aromatic N) is 4. The van der Waals surface area contributed by atoms with Crippen molar-refractivity contribution in [1.29, 1.82) is 0 Å². The summed E-state index contributed by atoms with van der Waals surface area (Å²) in [5, 5.41) is 0. The maximum absolute atomic E-state index is 8.42. The van der Waals surface area contributed by atoms with E-state index < -0.39 is 0 Å². The summed E-state index contributed by atoms with van der Waals surface area (Å²) in [5.74, 6) is 0. The van der Waals surface area contributed by atoms with Crippen molar-refractivity contribution in [2.45, 2.75) is 0 Å². The van der Waals surface area contributed by atoms with E-state index in [0.29, 0.717) is 11.8 Å². The molecule has 0 fully saturated rings. The second kappa shape index (κ2) is 6.34. The first-order valence-corrected chi connectivity index (χ1v) is 10.0. The van der Waals surface area contributed by atoms with E-state index in [2.05, 4.69) is 55.2 Å². The summed E-state index contributed by atoms with van der Waals surface area (Å²) in [7, 11) is 0. The molecule has 0 aromatic carbocycles. The number of halogens is 2. The Hall–Kier alpha value is -1.94. The molecule has 0 amide bonds. The van der Waals surface area contributed by atoms with Crippen LogP contribution in [0.1, 0.15) is 1.37 Å². The van der Waals surface area contributed by atoms with Gasteiger partial charge in [-0.05, 0) is 106 Å². The van der Waals surface area contributed by atoms with Crippen LogP contribution in [0.3, 0.4) is 0 Å². The zero-order chi connectivity index (χ0) is 18.5. The Morgan fingerprint density at radius 3 is 1.92 bits per heavy atom. The van der Waals surface area contributed by atoms with Gasteiger partial charge in [0.25, 0.3) is 0 Å². The van der Waals surface area contributed by atoms with Crippen molar-refractivity contribution in [2.75, 3.05) is 0 Å². The first-order valence-electron chi connectivity index (χ1n) is 8.38. The summed E-state index contributed by atoms with van der Waals surface area (Å²) in [6, 6.07) is 0.415. The molecule has 0 radical (unpaired) electrons. The maximum Gasteiger partial charge on any atom is 0.0926 e. The largest absolute Gasteiger partial charge is 0.249 e. The zero-order valence-electron chi connectivity index (χ0n) is 14.2. The van der Waals surface area contributed by atoms with Crippen LogP contribution < -0.4 is 0 Å². The van der Waals surface area contributed by atoms with Crippen LogP contribution in [0.4, 0.5) is 0 Å². The summed E-state index contributed by atoms with van der Waals surface area (Å²) >= 11 is 4.44. The molecule has 0 unspecified atom stereocenters. The van der Waals surface area contributed by atoms with Crippen molar-refractivity contribution < 1.29 is 1.37 Å². The first kappa shape index (κ1) is 15.2. The number of hydrogen-bond acceptors (Lipinski definition) is 4. The topological polar surface area (TPSA) is 49.4 Å². The molecule has 26 heavy (non-hydrogen) atoms. The van der Waals surface area contributed by atoms with Crippen molar-refractivity contribution in [3.8, 4) is 0 Å². The molecule has 0 aromatic heterocycles. The Labute approximate surface area is 179 Å². The molecule has 0 saturated carbocycles. The van der Waals surface area contributed by atoms with Gasteiger partial charge in [0.2, 0.25) is 0 Å². The van der Waals surface area contributed by atoms with Crippen LogP contribution in [-0.2, 0) is 0 Å². The van der Waals surface area contributed by atoms with Gasteiger partial charge in [-0.1, -0.05) is 0 Å². The van der Waals surface area contributed by atoms with Crippen molar-refractivity contribution >= 4 is 68.0 Å². The molecule has 0 atom stereocenters. The van der Waals surface area contributed by atoms with E-state index in [9.17, 15) is 0 Å². The summed E-state index contributed by atoms with van der Waals surface area (Å²) in [6.45, 7) is 0. The van der Waals surface area contributed by atoms with Gasteiger partial charge in [0.05, 0.1) is 50.6 Å². The van der Waals surface area contributed by atoms with Crippen LogP contribution in [0.5, 0.6) is 0 Å². The third kappa shape index (κ3) is 3.01. The van der Waals surface area contributed by atoms with Gasteiger partial charge in [0, 0.05) is 3.58 Å².